The minimum atomic E-state index is -1.22. The summed E-state index contributed by atoms with van der Waals surface area (Å²) in [7, 11) is -0.954. The quantitative estimate of drug-likeness (QED) is 0.695. The summed E-state index contributed by atoms with van der Waals surface area (Å²) in [5, 5.41) is 9.68. The first-order valence-corrected chi connectivity index (χ1v) is 4.21. The van der Waals surface area contributed by atoms with Crippen LogP contribution in [0.3, 0.4) is 0 Å². The van der Waals surface area contributed by atoms with Crippen LogP contribution in [0.2, 0.25) is 0 Å². The molecule has 1 aliphatic heterocycles. The fraction of sp³-hybridized carbons (Fsp3) is 1.00. The Hall–Kier alpha value is -0.200. The monoisotopic (exact) mass is 209 g/mol. The van der Waals surface area contributed by atoms with Gasteiger partial charge in [0.05, 0.1) is 10.2 Å². The minimum absolute atomic E-state index is 0.278. The molecule has 84 valence electrons. The van der Waals surface area contributed by atoms with Crippen LogP contribution in [0.4, 0.5) is 0 Å². The Labute approximate surface area is 88.1 Å². The number of aliphatic hydroxyl groups is 1. The van der Waals surface area contributed by atoms with E-state index in [2.05, 4.69) is 0 Å². The maximum atomic E-state index is 9.68. The number of hydrogen-bond donors (Lipinski definition) is 1. The van der Waals surface area contributed by atoms with Crippen molar-refractivity contribution in [3.05, 3.63) is 0 Å². The average molecular weight is 209 g/mol. The Morgan fingerprint density at radius 3 is 2.29 bits per heavy atom. The summed E-state index contributed by atoms with van der Waals surface area (Å²) < 4.78 is 41.7. The molecule has 0 aliphatic carbocycles. The lowest BCUT2D eigenvalue weighted by atomic mass is 9.99. The Balaban J connectivity index is 2.78. The van der Waals surface area contributed by atoms with Crippen molar-refractivity contribution in [3.8, 4) is 0 Å². The molecule has 1 heterocycles. The highest BCUT2D eigenvalue weighted by molar-refractivity contribution is 4.89. The van der Waals surface area contributed by atoms with Crippen LogP contribution in [0.1, 0.15) is 11.0 Å². The minimum Gasteiger partial charge on any atom is -0.376 e. The Morgan fingerprint density at radius 1 is 1.07 bits per heavy atom. The summed E-state index contributed by atoms with van der Waals surface area (Å²) in [5.41, 5.74) is 0. The highest BCUT2D eigenvalue weighted by Crippen LogP contribution is 2.25. The molecule has 0 radical (unpaired) electrons. The highest BCUT2D eigenvalue weighted by atomic mass is 16.7. The van der Waals surface area contributed by atoms with Crippen molar-refractivity contribution in [3.63, 3.8) is 0 Å². The second kappa shape index (κ2) is 5.04. The maximum absolute atomic E-state index is 9.68. The van der Waals surface area contributed by atoms with E-state index >= 15 is 0 Å². The zero-order chi connectivity index (χ0) is 12.8. The lowest BCUT2D eigenvalue weighted by molar-refractivity contribution is -0.291. The molecule has 1 saturated heterocycles. The molecule has 0 aromatic carbocycles. The normalized spacial score (nSPS) is 46.7. The fourth-order valence-corrected chi connectivity index (χ4v) is 1.59. The summed E-state index contributed by atoms with van der Waals surface area (Å²) in [5.74, 6) is 0. The van der Waals surface area contributed by atoms with Gasteiger partial charge in [0, 0.05) is 21.3 Å². The second-order valence-electron chi connectivity index (χ2n) is 3.13. The van der Waals surface area contributed by atoms with E-state index in [1.807, 2.05) is 0 Å². The van der Waals surface area contributed by atoms with Gasteiger partial charge in [-0.05, 0) is 6.92 Å². The molecule has 1 unspecified atom stereocenters. The molecule has 5 heteroatoms. The van der Waals surface area contributed by atoms with E-state index in [0.29, 0.717) is 0 Å². The number of hydrogen-bond acceptors (Lipinski definition) is 5. The van der Waals surface area contributed by atoms with Crippen LogP contribution >= 0.6 is 0 Å². The van der Waals surface area contributed by atoms with Gasteiger partial charge in [-0.25, -0.2) is 0 Å². The molecule has 0 saturated carbocycles. The van der Waals surface area contributed by atoms with Crippen molar-refractivity contribution >= 4 is 0 Å². The van der Waals surface area contributed by atoms with E-state index in [1.54, 1.807) is 6.92 Å². The van der Waals surface area contributed by atoms with E-state index in [9.17, 15) is 5.11 Å². The standard InChI is InChI=1S/C9H18O5/c1-5-6(11-2)7(12-3)8(13-4)9(10)14-5/h5-10H,1-4H3/t5-,6+,7+,8-,9?/m0/s1/i2D,3D,4D. The lowest BCUT2D eigenvalue weighted by Gasteiger charge is -2.41. The van der Waals surface area contributed by atoms with Crippen LogP contribution in [0.15, 0.2) is 0 Å². The molecule has 1 aliphatic rings. The predicted molar refractivity (Wildman–Crippen MR) is 48.9 cm³/mol. The van der Waals surface area contributed by atoms with Crippen molar-refractivity contribution in [1.29, 1.82) is 0 Å². The van der Waals surface area contributed by atoms with Crippen LogP contribution in [0, 0.1) is 0 Å². The van der Waals surface area contributed by atoms with Crippen LogP contribution in [-0.2, 0) is 18.9 Å². The average Bonchev–Trinajstić information content (AvgIpc) is 2.29. The molecule has 0 amide bonds. The Bertz CT molecular complexity index is 203. The Kier molecular flexibility index (Phi) is 2.89. The number of rotatable bonds is 3. The number of methoxy groups -OCH3 is 3. The largest absolute Gasteiger partial charge is 0.376 e. The third kappa shape index (κ3) is 2.07. The van der Waals surface area contributed by atoms with Crippen molar-refractivity contribution in [2.45, 2.75) is 37.6 Å². The second-order valence-corrected chi connectivity index (χ2v) is 3.13. The fourth-order valence-electron chi connectivity index (χ4n) is 1.59. The van der Waals surface area contributed by atoms with Crippen molar-refractivity contribution in [2.75, 3.05) is 21.3 Å². The number of ether oxygens (including phenoxy) is 4. The first kappa shape index (κ1) is 8.01. The summed E-state index contributed by atoms with van der Waals surface area (Å²) in [4.78, 5) is 0. The molecule has 0 aromatic rings. The van der Waals surface area contributed by atoms with E-state index in [0.717, 1.165) is 0 Å². The van der Waals surface area contributed by atoms with Crippen LogP contribution < -0.4 is 0 Å². The zero-order valence-electron chi connectivity index (χ0n) is 11.1. The van der Waals surface area contributed by atoms with E-state index in [1.165, 1.54) is 0 Å². The molecule has 1 fully saturated rings. The summed E-state index contributed by atoms with van der Waals surface area (Å²) >= 11 is 0. The van der Waals surface area contributed by atoms with Gasteiger partial charge in [-0.1, -0.05) is 0 Å². The van der Waals surface area contributed by atoms with Crippen molar-refractivity contribution in [2.24, 2.45) is 0 Å². The van der Waals surface area contributed by atoms with Crippen molar-refractivity contribution in [1.82, 2.24) is 0 Å². The van der Waals surface area contributed by atoms with Crippen LogP contribution in [0.25, 0.3) is 0 Å². The summed E-state index contributed by atoms with van der Waals surface area (Å²) in [6, 6.07) is 0. The maximum Gasteiger partial charge on any atom is 0.184 e. The highest BCUT2D eigenvalue weighted by Gasteiger charge is 2.44. The van der Waals surface area contributed by atoms with Gasteiger partial charge < -0.3 is 24.1 Å². The van der Waals surface area contributed by atoms with Gasteiger partial charge >= 0.3 is 0 Å². The molecule has 0 bridgehead atoms. The molecular formula is C9H18O5. The van der Waals surface area contributed by atoms with Gasteiger partial charge in [-0.3, -0.25) is 0 Å². The molecule has 1 rings (SSSR count). The molecule has 0 spiro atoms. The SMILES string of the molecule is [2H]CO[C@@H]1[C@H](OC[2H])[C@H](C)OC(O)[C@H]1OC[2H]. The smallest absolute Gasteiger partial charge is 0.184 e. The van der Waals surface area contributed by atoms with Crippen LogP contribution in [0.5, 0.6) is 0 Å². The lowest BCUT2D eigenvalue weighted by Crippen LogP contribution is -2.58. The van der Waals surface area contributed by atoms with E-state index < -0.39 is 30.7 Å². The topological polar surface area (TPSA) is 57.2 Å². The predicted octanol–water partition coefficient (Wildman–Crippen LogP) is -0.232. The van der Waals surface area contributed by atoms with E-state index in [-0.39, 0.29) is 21.3 Å². The van der Waals surface area contributed by atoms with Crippen molar-refractivity contribution < 1.29 is 28.2 Å². The van der Waals surface area contributed by atoms with Gasteiger partial charge in [0.2, 0.25) is 0 Å². The molecule has 5 atom stereocenters. The third-order valence-corrected chi connectivity index (χ3v) is 2.32. The summed E-state index contributed by atoms with van der Waals surface area (Å²) in [6.45, 7) is 1.68. The van der Waals surface area contributed by atoms with E-state index in [4.69, 9.17) is 23.1 Å². The summed E-state index contributed by atoms with van der Waals surface area (Å²) in [6.07, 6.45) is -3.90. The Morgan fingerprint density at radius 2 is 1.64 bits per heavy atom. The molecule has 5 nitrogen and oxygen atoms in total. The first-order valence-electron chi connectivity index (χ1n) is 6.33. The van der Waals surface area contributed by atoms with Gasteiger partial charge in [-0.15, -0.1) is 0 Å². The molecular weight excluding hydrogens is 188 g/mol. The first-order chi connectivity index (χ1) is 8.15. The third-order valence-electron chi connectivity index (χ3n) is 2.32. The molecule has 0 aromatic heterocycles. The van der Waals surface area contributed by atoms with Gasteiger partial charge in [-0.2, -0.15) is 0 Å². The molecule has 14 heavy (non-hydrogen) atoms. The van der Waals surface area contributed by atoms with Crippen LogP contribution in [-0.4, -0.2) is 57.1 Å². The molecule has 1 N–H and O–H groups in total. The zero-order valence-corrected chi connectivity index (χ0v) is 8.09. The van der Waals surface area contributed by atoms with Gasteiger partial charge in [0.1, 0.15) is 18.3 Å². The van der Waals surface area contributed by atoms with Gasteiger partial charge in [0.25, 0.3) is 0 Å². The van der Waals surface area contributed by atoms with Gasteiger partial charge in [0.15, 0.2) is 6.29 Å². The number of aliphatic hydroxyl groups excluding tert-OH is 1.